The first-order valence-electron chi connectivity index (χ1n) is 8.97. The average molecular weight is 426 g/mol. The first kappa shape index (κ1) is 19.6. The van der Waals surface area contributed by atoms with Crippen molar-refractivity contribution in [2.75, 3.05) is 16.2 Å². The van der Waals surface area contributed by atoms with Crippen molar-refractivity contribution in [1.82, 2.24) is 0 Å². The molecule has 2 aromatic rings. The minimum absolute atomic E-state index is 0.0494. The summed E-state index contributed by atoms with van der Waals surface area (Å²) in [6.07, 6.45) is -2.57. The van der Waals surface area contributed by atoms with Crippen molar-refractivity contribution in [3.63, 3.8) is 0 Å². The molecule has 29 heavy (non-hydrogen) atoms. The molecule has 0 aliphatic carbocycles. The van der Waals surface area contributed by atoms with Gasteiger partial charge in [-0.2, -0.15) is 0 Å². The maximum Gasteiger partial charge on any atom is 0.573 e. The van der Waals surface area contributed by atoms with Gasteiger partial charge in [0.1, 0.15) is 5.75 Å². The summed E-state index contributed by atoms with van der Waals surface area (Å²) in [5.74, 6) is -0.392. The van der Waals surface area contributed by atoms with Gasteiger partial charge in [-0.1, -0.05) is 0 Å². The zero-order valence-electron chi connectivity index (χ0n) is 15.1. The Balaban J connectivity index is 1.61. The number of halogens is 3. The minimum Gasteiger partial charge on any atom is -0.406 e. The Morgan fingerprint density at radius 1 is 1.00 bits per heavy atom. The summed E-state index contributed by atoms with van der Waals surface area (Å²) < 4.78 is 68.5. The lowest BCUT2D eigenvalue weighted by Gasteiger charge is -2.35. The predicted octanol–water partition coefficient (Wildman–Crippen LogP) is 3.61. The standard InChI is InChI=1S/C19H17F3N2O4S/c20-19(21,22)28-15-6-4-14(5-7-15)23-29(26,27)16-10-12-2-1-9-24-17(25)8-3-13(11-16)18(12)24/h4-7,10-11,23H,1-3,8-9H2. The largest absolute Gasteiger partial charge is 0.573 e. The van der Waals surface area contributed by atoms with Gasteiger partial charge in [0.2, 0.25) is 5.91 Å². The molecule has 0 fully saturated rings. The number of sulfonamides is 1. The Morgan fingerprint density at radius 2 is 1.66 bits per heavy atom. The molecule has 6 nitrogen and oxygen atoms in total. The molecule has 2 aromatic carbocycles. The molecule has 2 aliphatic rings. The fourth-order valence-electron chi connectivity index (χ4n) is 3.72. The first-order chi connectivity index (χ1) is 13.6. The number of anilines is 2. The average Bonchev–Trinajstić information content (AvgIpc) is 2.65. The molecule has 4 rings (SSSR count). The maximum absolute atomic E-state index is 12.8. The van der Waals surface area contributed by atoms with Gasteiger partial charge in [-0.15, -0.1) is 13.2 Å². The molecular formula is C19H17F3N2O4S. The molecule has 2 heterocycles. The van der Waals surface area contributed by atoms with E-state index in [1.165, 1.54) is 12.1 Å². The Bertz CT molecular complexity index is 1050. The summed E-state index contributed by atoms with van der Waals surface area (Å²) in [7, 11) is -3.95. The van der Waals surface area contributed by atoms with Crippen LogP contribution in [0.15, 0.2) is 41.3 Å². The fourth-order valence-corrected chi connectivity index (χ4v) is 4.87. The van der Waals surface area contributed by atoms with Crippen molar-refractivity contribution in [1.29, 1.82) is 0 Å². The lowest BCUT2D eigenvalue weighted by molar-refractivity contribution is -0.274. The maximum atomic E-state index is 12.8. The van der Waals surface area contributed by atoms with Crippen molar-refractivity contribution in [2.45, 2.75) is 36.9 Å². The zero-order chi connectivity index (χ0) is 20.8. The third-order valence-corrected chi connectivity index (χ3v) is 6.26. The molecule has 0 spiro atoms. The van der Waals surface area contributed by atoms with Crippen LogP contribution >= 0.6 is 0 Å². The number of rotatable bonds is 4. The molecule has 2 aliphatic heterocycles. The van der Waals surface area contributed by atoms with Crippen LogP contribution in [0.1, 0.15) is 24.0 Å². The second kappa shape index (κ2) is 6.94. The summed E-state index contributed by atoms with van der Waals surface area (Å²) in [5.41, 5.74) is 2.56. The number of amides is 1. The number of benzene rings is 2. The van der Waals surface area contributed by atoms with E-state index in [2.05, 4.69) is 9.46 Å². The smallest absolute Gasteiger partial charge is 0.406 e. The Morgan fingerprint density at radius 3 is 2.31 bits per heavy atom. The molecule has 0 aromatic heterocycles. The van der Waals surface area contributed by atoms with E-state index in [0.29, 0.717) is 25.8 Å². The van der Waals surface area contributed by atoms with Gasteiger partial charge in [-0.05, 0) is 66.8 Å². The van der Waals surface area contributed by atoms with E-state index in [4.69, 9.17) is 0 Å². The van der Waals surface area contributed by atoms with Crippen molar-refractivity contribution >= 4 is 27.3 Å². The Kier molecular flexibility index (Phi) is 4.68. The van der Waals surface area contributed by atoms with E-state index in [-0.39, 0.29) is 16.5 Å². The Labute approximate surface area is 165 Å². The van der Waals surface area contributed by atoms with Crippen LogP contribution in [-0.4, -0.2) is 27.2 Å². The van der Waals surface area contributed by atoms with E-state index in [9.17, 15) is 26.4 Å². The number of carbonyl (C=O) groups excluding carboxylic acids is 1. The zero-order valence-corrected chi connectivity index (χ0v) is 15.9. The van der Waals surface area contributed by atoms with E-state index >= 15 is 0 Å². The van der Waals surface area contributed by atoms with Crippen LogP contribution in [-0.2, 0) is 27.7 Å². The highest BCUT2D eigenvalue weighted by molar-refractivity contribution is 7.92. The quantitative estimate of drug-likeness (QED) is 0.811. The molecular weight excluding hydrogens is 409 g/mol. The van der Waals surface area contributed by atoms with Crippen molar-refractivity contribution in [2.24, 2.45) is 0 Å². The molecule has 0 bridgehead atoms. The molecule has 0 saturated carbocycles. The molecule has 1 amide bonds. The summed E-state index contributed by atoms with van der Waals surface area (Å²) in [6.45, 7) is 0.634. The number of carbonyl (C=O) groups is 1. The predicted molar refractivity (Wildman–Crippen MR) is 99.4 cm³/mol. The minimum atomic E-state index is -4.82. The second-order valence-electron chi connectivity index (χ2n) is 6.92. The fraction of sp³-hybridized carbons (Fsp3) is 0.316. The molecule has 0 saturated heterocycles. The highest BCUT2D eigenvalue weighted by Gasteiger charge is 2.32. The molecule has 154 valence electrons. The number of hydrogen-bond acceptors (Lipinski definition) is 4. The second-order valence-corrected chi connectivity index (χ2v) is 8.60. The first-order valence-corrected chi connectivity index (χ1v) is 10.5. The van der Waals surface area contributed by atoms with Crippen LogP contribution in [0.4, 0.5) is 24.5 Å². The number of nitrogens with one attached hydrogen (secondary N) is 1. The van der Waals surface area contributed by atoms with E-state index in [1.807, 2.05) is 0 Å². The Hall–Kier alpha value is -2.75. The lowest BCUT2D eigenvalue weighted by Crippen LogP contribution is -2.39. The van der Waals surface area contributed by atoms with Crippen LogP contribution in [0, 0.1) is 0 Å². The highest BCUT2D eigenvalue weighted by atomic mass is 32.2. The van der Waals surface area contributed by atoms with E-state index < -0.39 is 22.1 Å². The third-order valence-electron chi connectivity index (χ3n) is 4.90. The number of alkyl halides is 3. The van der Waals surface area contributed by atoms with Crippen LogP contribution in [0.3, 0.4) is 0 Å². The number of ether oxygens (including phenoxy) is 1. The number of hydrogen-bond donors (Lipinski definition) is 1. The van der Waals surface area contributed by atoms with Gasteiger partial charge >= 0.3 is 6.36 Å². The van der Waals surface area contributed by atoms with Crippen LogP contribution in [0.5, 0.6) is 5.75 Å². The molecule has 0 radical (unpaired) electrons. The summed E-state index contributed by atoms with van der Waals surface area (Å²) in [4.78, 5) is 13.9. The van der Waals surface area contributed by atoms with Gasteiger partial charge in [-0.3, -0.25) is 9.52 Å². The van der Waals surface area contributed by atoms with Crippen molar-refractivity contribution < 1.29 is 31.1 Å². The number of nitrogens with zero attached hydrogens (tertiary/aromatic N) is 1. The van der Waals surface area contributed by atoms with Crippen molar-refractivity contribution in [3.8, 4) is 5.75 Å². The molecule has 1 N–H and O–H groups in total. The van der Waals surface area contributed by atoms with Crippen LogP contribution in [0.25, 0.3) is 0 Å². The van der Waals surface area contributed by atoms with Crippen LogP contribution in [0.2, 0.25) is 0 Å². The molecule has 10 heteroatoms. The molecule has 0 atom stereocenters. The summed E-state index contributed by atoms with van der Waals surface area (Å²) >= 11 is 0. The van der Waals surface area contributed by atoms with Gasteiger partial charge in [0.25, 0.3) is 10.0 Å². The highest BCUT2D eigenvalue weighted by Crippen LogP contribution is 2.38. The van der Waals surface area contributed by atoms with Gasteiger partial charge in [-0.25, -0.2) is 8.42 Å². The molecule has 0 unspecified atom stereocenters. The summed E-state index contributed by atoms with van der Waals surface area (Å²) in [5, 5.41) is 0. The van der Waals surface area contributed by atoms with Gasteiger partial charge in [0, 0.05) is 18.7 Å². The van der Waals surface area contributed by atoms with Gasteiger partial charge in [0.05, 0.1) is 10.6 Å². The normalized spacial score (nSPS) is 16.4. The van der Waals surface area contributed by atoms with Crippen LogP contribution < -0.4 is 14.4 Å². The topological polar surface area (TPSA) is 75.7 Å². The van der Waals surface area contributed by atoms with E-state index in [0.717, 1.165) is 35.4 Å². The number of aryl methyl sites for hydroxylation is 2. The van der Waals surface area contributed by atoms with Gasteiger partial charge in [0.15, 0.2) is 0 Å². The van der Waals surface area contributed by atoms with Crippen molar-refractivity contribution in [3.05, 3.63) is 47.5 Å². The van der Waals surface area contributed by atoms with E-state index in [1.54, 1.807) is 17.0 Å². The van der Waals surface area contributed by atoms with Gasteiger partial charge < -0.3 is 9.64 Å². The summed E-state index contributed by atoms with van der Waals surface area (Å²) in [6, 6.07) is 7.58. The lowest BCUT2D eigenvalue weighted by atomic mass is 9.92. The SMILES string of the molecule is O=C1CCc2cc(S(=O)(=O)Nc3ccc(OC(F)(F)F)cc3)cc3c2N1CCC3. The monoisotopic (exact) mass is 426 g/mol. The third kappa shape index (κ3) is 4.02.